The van der Waals surface area contributed by atoms with Crippen molar-refractivity contribution < 1.29 is 9.59 Å². The Balaban J connectivity index is 2.42. The molecule has 0 radical (unpaired) electrons. The molecule has 0 bridgehead atoms. The fourth-order valence-corrected chi connectivity index (χ4v) is 2.55. The second kappa shape index (κ2) is 8.12. The van der Waals surface area contributed by atoms with E-state index in [0.717, 1.165) is 5.75 Å². The molecule has 0 spiro atoms. The van der Waals surface area contributed by atoms with E-state index in [1.165, 1.54) is 29.3 Å². The van der Waals surface area contributed by atoms with Crippen molar-refractivity contribution in [2.45, 2.75) is 22.8 Å². The third-order valence-corrected chi connectivity index (χ3v) is 4.45. The molecule has 0 unspecified atom stereocenters. The van der Waals surface area contributed by atoms with E-state index in [1.54, 1.807) is 18.7 Å². The molecule has 0 saturated carbocycles. The molecule has 0 aliphatic carbocycles. The zero-order valence-electron chi connectivity index (χ0n) is 11.2. The van der Waals surface area contributed by atoms with Crippen molar-refractivity contribution >= 4 is 35.5 Å². The van der Waals surface area contributed by atoms with E-state index >= 15 is 0 Å². The average Bonchev–Trinajstić information content (AvgIpc) is 2.44. The summed E-state index contributed by atoms with van der Waals surface area (Å²) in [5, 5.41) is 4.36. The summed E-state index contributed by atoms with van der Waals surface area (Å²) >= 11 is 3.21. The van der Waals surface area contributed by atoms with E-state index < -0.39 is 6.03 Å². The van der Waals surface area contributed by atoms with Crippen molar-refractivity contribution in [1.82, 2.24) is 10.6 Å². The largest absolute Gasteiger partial charge is 0.341 e. The summed E-state index contributed by atoms with van der Waals surface area (Å²) < 4.78 is 0. The van der Waals surface area contributed by atoms with Gasteiger partial charge in [0.1, 0.15) is 0 Å². The van der Waals surface area contributed by atoms with Crippen molar-refractivity contribution in [2.24, 2.45) is 0 Å². The minimum Gasteiger partial charge on any atom is -0.341 e. The van der Waals surface area contributed by atoms with Gasteiger partial charge in [0.2, 0.25) is 5.91 Å². The van der Waals surface area contributed by atoms with Gasteiger partial charge in [-0.05, 0) is 30.9 Å². The molecule has 3 amide bonds. The van der Waals surface area contributed by atoms with E-state index in [2.05, 4.69) is 34.9 Å². The van der Waals surface area contributed by atoms with Crippen LogP contribution in [0.3, 0.4) is 0 Å². The smallest absolute Gasteiger partial charge is 0.321 e. The highest BCUT2D eigenvalue weighted by Crippen LogP contribution is 2.20. The van der Waals surface area contributed by atoms with Gasteiger partial charge in [-0.3, -0.25) is 10.1 Å². The molecule has 1 rings (SSSR count). The van der Waals surface area contributed by atoms with E-state index in [9.17, 15) is 9.59 Å². The van der Waals surface area contributed by atoms with Crippen LogP contribution < -0.4 is 10.6 Å². The molecule has 6 heteroatoms. The second-order valence-corrected chi connectivity index (χ2v) is 6.08. The minimum absolute atomic E-state index is 0.266. The van der Waals surface area contributed by atoms with Crippen LogP contribution in [0.5, 0.6) is 0 Å². The molecule has 19 heavy (non-hydrogen) atoms. The minimum atomic E-state index is -0.471. The van der Waals surface area contributed by atoms with Gasteiger partial charge in [0, 0.05) is 17.7 Å². The first-order chi connectivity index (χ1) is 9.06. The first-order valence-corrected chi connectivity index (χ1v) is 8.11. The average molecular weight is 298 g/mol. The Morgan fingerprint density at radius 2 is 1.89 bits per heavy atom. The lowest BCUT2D eigenvalue weighted by molar-refractivity contribution is -0.119. The number of imide groups is 1. The monoisotopic (exact) mass is 298 g/mol. The van der Waals surface area contributed by atoms with Crippen molar-refractivity contribution in [3.05, 3.63) is 29.8 Å². The van der Waals surface area contributed by atoms with Crippen LogP contribution in [0.15, 0.2) is 29.2 Å². The summed E-state index contributed by atoms with van der Waals surface area (Å²) in [4.78, 5) is 23.9. The van der Waals surface area contributed by atoms with Crippen molar-refractivity contribution in [3.63, 3.8) is 0 Å². The SMILES string of the molecule is CNC(=O)NC(=O)[C@@H](C)SCc1ccc(SC)cc1. The van der Waals surface area contributed by atoms with Gasteiger partial charge in [-0.1, -0.05) is 12.1 Å². The molecule has 0 aliphatic rings. The highest BCUT2D eigenvalue weighted by Gasteiger charge is 2.15. The fourth-order valence-electron chi connectivity index (χ4n) is 1.29. The number of amides is 3. The van der Waals surface area contributed by atoms with Gasteiger partial charge in [-0.25, -0.2) is 4.79 Å². The molecule has 1 aromatic rings. The summed E-state index contributed by atoms with van der Waals surface area (Å²) in [7, 11) is 1.48. The third kappa shape index (κ3) is 5.57. The van der Waals surface area contributed by atoms with Gasteiger partial charge in [0.25, 0.3) is 0 Å². The van der Waals surface area contributed by atoms with Gasteiger partial charge < -0.3 is 5.32 Å². The molecule has 0 aliphatic heterocycles. The number of hydrogen-bond acceptors (Lipinski definition) is 4. The lowest BCUT2D eigenvalue weighted by Crippen LogP contribution is -2.41. The van der Waals surface area contributed by atoms with Crippen LogP contribution in [0.2, 0.25) is 0 Å². The Kier molecular flexibility index (Phi) is 6.80. The van der Waals surface area contributed by atoms with E-state index in [1.807, 2.05) is 6.26 Å². The molecule has 4 nitrogen and oxygen atoms in total. The summed E-state index contributed by atoms with van der Waals surface area (Å²) in [6.45, 7) is 1.79. The number of thioether (sulfide) groups is 2. The normalized spacial score (nSPS) is 11.7. The summed E-state index contributed by atoms with van der Waals surface area (Å²) in [5.41, 5.74) is 1.17. The Bertz CT molecular complexity index is 435. The first-order valence-electron chi connectivity index (χ1n) is 5.84. The Labute approximate surface area is 122 Å². The summed E-state index contributed by atoms with van der Waals surface area (Å²) in [6, 6.07) is 7.78. The van der Waals surface area contributed by atoms with Gasteiger partial charge in [-0.15, -0.1) is 23.5 Å². The highest BCUT2D eigenvalue weighted by molar-refractivity contribution is 7.99. The van der Waals surface area contributed by atoms with Crippen LogP contribution in [0.4, 0.5) is 4.79 Å². The number of nitrogens with one attached hydrogen (secondary N) is 2. The van der Waals surface area contributed by atoms with E-state index in [4.69, 9.17) is 0 Å². The zero-order chi connectivity index (χ0) is 14.3. The summed E-state index contributed by atoms with van der Waals surface area (Å²) in [5.74, 6) is 0.474. The van der Waals surface area contributed by atoms with Gasteiger partial charge in [0.05, 0.1) is 5.25 Å². The maximum Gasteiger partial charge on any atom is 0.321 e. The Morgan fingerprint density at radius 3 is 2.42 bits per heavy atom. The standard InChI is InChI=1S/C13H18N2O2S2/c1-9(12(16)15-13(17)14-2)19-8-10-4-6-11(18-3)7-5-10/h4-7,9H,8H2,1-3H3,(H2,14,15,16,17)/t9-/m1/s1. The molecule has 104 valence electrons. The van der Waals surface area contributed by atoms with Crippen LogP contribution in [0.1, 0.15) is 12.5 Å². The van der Waals surface area contributed by atoms with Crippen molar-refractivity contribution in [1.29, 1.82) is 0 Å². The van der Waals surface area contributed by atoms with Gasteiger partial charge in [0.15, 0.2) is 0 Å². The predicted molar refractivity (Wildman–Crippen MR) is 81.6 cm³/mol. The van der Waals surface area contributed by atoms with Crippen molar-refractivity contribution in [3.8, 4) is 0 Å². The molecule has 1 atom stereocenters. The maximum atomic E-state index is 11.6. The lowest BCUT2D eigenvalue weighted by Gasteiger charge is -2.11. The number of rotatable bonds is 5. The van der Waals surface area contributed by atoms with Crippen LogP contribution >= 0.6 is 23.5 Å². The van der Waals surface area contributed by atoms with Gasteiger partial charge >= 0.3 is 6.03 Å². The first kappa shape index (κ1) is 15.9. The molecule has 0 heterocycles. The van der Waals surface area contributed by atoms with Crippen LogP contribution in [0, 0.1) is 0 Å². The lowest BCUT2D eigenvalue weighted by atomic mass is 10.2. The molecular formula is C13H18N2O2S2. The molecular weight excluding hydrogens is 280 g/mol. The van der Waals surface area contributed by atoms with Crippen LogP contribution in [-0.4, -0.2) is 30.5 Å². The molecule has 0 aromatic heterocycles. The number of carbonyl (C=O) groups is 2. The van der Waals surface area contributed by atoms with Crippen molar-refractivity contribution in [2.75, 3.05) is 13.3 Å². The summed E-state index contributed by atoms with van der Waals surface area (Å²) in [6.07, 6.45) is 2.04. The molecule has 0 fully saturated rings. The van der Waals surface area contributed by atoms with E-state index in [-0.39, 0.29) is 11.2 Å². The predicted octanol–water partition coefficient (Wildman–Crippen LogP) is 2.49. The Morgan fingerprint density at radius 1 is 1.26 bits per heavy atom. The van der Waals surface area contributed by atoms with Gasteiger partial charge in [-0.2, -0.15) is 0 Å². The highest BCUT2D eigenvalue weighted by atomic mass is 32.2. The third-order valence-electron chi connectivity index (χ3n) is 2.49. The van der Waals surface area contributed by atoms with E-state index in [0.29, 0.717) is 0 Å². The van der Waals surface area contributed by atoms with Crippen LogP contribution in [-0.2, 0) is 10.5 Å². The second-order valence-electron chi connectivity index (χ2n) is 3.87. The molecule has 2 N–H and O–H groups in total. The number of urea groups is 1. The zero-order valence-corrected chi connectivity index (χ0v) is 12.9. The number of hydrogen-bond donors (Lipinski definition) is 2. The Hall–Kier alpha value is -1.14. The molecule has 1 aromatic carbocycles. The number of carbonyl (C=O) groups excluding carboxylic acids is 2. The topological polar surface area (TPSA) is 58.2 Å². The fraction of sp³-hybridized carbons (Fsp3) is 0.385. The maximum absolute atomic E-state index is 11.6. The number of benzene rings is 1. The quantitative estimate of drug-likeness (QED) is 0.820. The molecule has 0 saturated heterocycles. The van der Waals surface area contributed by atoms with Crippen LogP contribution in [0.25, 0.3) is 0 Å².